The van der Waals surface area contributed by atoms with Crippen molar-refractivity contribution in [3.05, 3.63) is 83.9 Å². The normalized spacial score (nSPS) is 9.88. The van der Waals surface area contributed by atoms with Crippen LogP contribution in [0.25, 0.3) is 0 Å². The average Bonchev–Trinajstić information content (AvgIpc) is 2.38. The smallest absolute Gasteiger partial charge is 0.346 e. The molecule has 0 unspecified atom stereocenters. The van der Waals surface area contributed by atoms with E-state index in [1.165, 1.54) is 6.08 Å². The van der Waals surface area contributed by atoms with Gasteiger partial charge >= 0.3 is 19.8 Å². The van der Waals surface area contributed by atoms with Crippen LogP contribution in [0.15, 0.2) is 66.7 Å². The standard InChI is InChI=1S/C15H11O.Os/c16-15(14-9-5-2-6-10-14)12-11-13-7-3-1-4-8-13;/h1-10,12H;/q-1;+1. The van der Waals surface area contributed by atoms with E-state index in [1.54, 1.807) is 12.1 Å². The number of benzene rings is 2. The number of allylic oxidation sites excluding steroid dienone is 1. The Morgan fingerprint density at radius 2 is 1.41 bits per heavy atom. The van der Waals surface area contributed by atoms with Gasteiger partial charge in [-0.3, -0.25) is 0 Å². The SMILES string of the molecule is O=C(C=[C-]c1ccccc1)c1ccccc1.[Os+]. The van der Waals surface area contributed by atoms with Gasteiger partial charge in [-0.15, -0.1) is 35.9 Å². The Bertz CT molecular complexity index is 489. The predicted molar refractivity (Wildman–Crippen MR) is 64.1 cm³/mol. The van der Waals surface area contributed by atoms with Crippen molar-refractivity contribution in [1.29, 1.82) is 0 Å². The van der Waals surface area contributed by atoms with Crippen molar-refractivity contribution < 1.29 is 24.6 Å². The van der Waals surface area contributed by atoms with Gasteiger partial charge in [0.05, 0.1) is 0 Å². The first-order valence-corrected chi connectivity index (χ1v) is 5.10. The fraction of sp³-hybridized carbons (Fsp3) is 0. The summed E-state index contributed by atoms with van der Waals surface area (Å²) in [6.07, 6.45) is 4.45. The Balaban J connectivity index is 0.00000144. The Kier molecular flexibility index (Phi) is 5.53. The monoisotopic (exact) mass is 399 g/mol. The third kappa shape index (κ3) is 4.09. The summed E-state index contributed by atoms with van der Waals surface area (Å²) in [6, 6.07) is 18.8. The van der Waals surface area contributed by atoms with Crippen LogP contribution in [0, 0.1) is 6.08 Å². The predicted octanol–water partition coefficient (Wildman–Crippen LogP) is 3.27. The van der Waals surface area contributed by atoms with Gasteiger partial charge in [0.2, 0.25) is 0 Å². The van der Waals surface area contributed by atoms with Crippen molar-refractivity contribution in [2.24, 2.45) is 0 Å². The van der Waals surface area contributed by atoms with Crippen molar-refractivity contribution >= 4 is 5.78 Å². The number of hydrogen-bond donors (Lipinski definition) is 0. The maximum absolute atomic E-state index is 11.7. The molecule has 0 amide bonds. The molecule has 0 saturated carbocycles. The molecule has 0 heterocycles. The van der Waals surface area contributed by atoms with E-state index in [0.717, 1.165) is 5.56 Å². The van der Waals surface area contributed by atoms with Gasteiger partial charge in [-0.2, -0.15) is 0 Å². The van der Waals surface area contributed by atoms with Crippen LogP contribution in [0.4, 0.5) is 0 Å². The minimum absolute atomic E-state index is 0. The molecule has 0 aliphatic heterocycles. The van der Waals surface area contributed by atoms with Crippen LogP contribution in [-0.4, -0.2) is 5.78 Å². The van der Waals surface area contributed by atoms with Gasteiger partial charge in [-0.1, -0.05) is 42.5 Å². The third-order valence-corrected chi connectivity index (χ3v) is 2.20. The minimum Gasteiger partial charge on any atom is -0.346 e. The molecular formula is C15H11OOs. The summed E-state index contributed by atoms with van der Waals surface area (Å²) in [6.45, 7) is 0. The van der Waals surface area contributed by atoms with Crippen molar-refractivity contribution in [3.63, 3.8) is 0 Å². The number of ketones is 1. The maximum atomic E-state index is 11.7. The molecule has 1 nitrogen and oxygen atoms in total. The molecule has 0 atom stereocenters. The minimum atomic E-state index is -0.0237. The average molecular weight is 397 g/mol. The molecule has 2 rings (SSSR count). The molecule has 0 aromatic heterocycles. The third-order valence-electron chi connectivity index (χ3n) is 2.20. The zero-order valence-corrected chi connectivity index (χ0v) is 11.7. The molecule has 0 saturated heterocycles. The Morgan fingerprint density at radius 3 is 2.00 bits per heavy atom. The second-order valence-electron chi connectivity index (χ2n) is 3.38. The Morgan fingerprint density at radius 1 is 0.882 bits per heavy atom. The first-order valence-electron chi connectivity index (χ1n) is 5.10. The van der Waals surface area contributed by atoms with E-state index in [-0.39, 0.29) is 25.6 Å². The number of carbonyl (C=O) groups is 1. The van der Waals surface area contributed by atoms with Crippen molar-refractivity contribution in [3.8, 4) is 0 Å². The van der Waals surface area contributed by atoms with Crippen LogP contribution >= 0.6 is 0 Å². The summed E-state index contributed by atoms with van der Waals surface area (Å²) in [5.41, 5.74) is 1.60. The van der Waals surface area contributed by atoms with Crippen LogP contribution in [-0.2, 0) is 19.8 Å². The van der Waals surface area contributed by atoms with Gasteiger partial charge in [0.15, 0.2) is 0 Å². The summed E-state index contributed by atoms with van der Waals surface area (Å²) >= 11 is 0. The largest absolute Gasteiger partial charge is 1.00 e. The molecule has 2 heteroatoms. The molecule has 0 fully saturated rings. The van der Waals surface area contributed by atoms with Crippen molar-refractivity contribution in [2.45, 2.75) is 0 Å². The number of carbonyl (C=O) groups excluding carboxylic acids is 1. The molecular weight excluding hydrogens is 386 g/mol. The van der Waals surface area contributed by atoms with Crippen molar-refractivity contribution in [2.75, 3.05) is 0 Å². The molecule has 1 radical (unpaired) electrons. The number of rotatable bonds is 3. The quantitative estimate of drug-likeness (QED) is 0.441. The van der Waals surface area contributed by atoms with E-state index in [9.17, 15) is 4.79 Å². The first kappa shape index (κ1) is 13.6. The zero-order chi connectivity index (χ0) is 11.2. The molecule has 0 bridgehead atoms. The van der Waals surface area contributed by atoms with Gasteiger partial charge in [-0.05, 0) is 5.56 Å². The van der Waals surface area contributed by atoms with Gasteiger partial charge in [0.1, 0.15) is 5.78 Å². The fourth-order valence-electron chi connectivity index (χ4n) is 1.37. The Hall–Kier alpha value is -1.51. The van der Waals surface area contributed by atoms with Crippen LogP contribution < -0.4 is 0 Å². The van der Waals surface area contributed by atoms with Crippen molar-refractivity contribution in [1.82, 2.24) is 0 Å². The van der Waals surface area contributed by atoms with E-state index in [4.69, 9.17) is 0 Å². The maximum Gasteiger partial charge on any atom is 1.00 e. The van der Waals surface area contributed by atoms with E-state index < -0.39 is 0 Å². The van der Waals surface area contributed by atoms with Crippen LogP contribution in [0.1, 0.15) is 15.9 Å². The van der Waals surface area contributed by atoms with Crippen LogP contribution in [0.2, 0.25) is 0 Å². The molecule has 0 aliphatic carbocycles. The number of hydrogen-bond acceptors (Lipinski definition) is 1. The second kappa shape index (κ2) is 6.94. The van der Waals surface area contributed by atoms with E-state index >= 15 is 0 Å². The summed E-state index contributed by atoms with van der Waals surface area (Å²) < 4.78 is 0. The molecule has 0 spiro atoms. The summed E-state index contributed by atoms with van der Waals surface area (Å²) in [4.78, 5) is 11.7. The van der Waals surface area contributed by atoms with E-state index in [2.05, 4.69) is 6.08 Å². The molecule has 17 heavy (non-hydrogen) atoms. The Labute approximate surface area is 114 Å². The molecule has 0 aliphatic rings. The van der Waals surface area contributed by atoms with Gasteiger partial charge in [0.25, 0.3) is 0 Å². The van der Waals surface area contributed by atoms with Gasteiger partial charge < -0.3 is 4.79 Å². The summed E-state index contributed by atoms with van der Waals surface area (Å²) in [7, 11) is 0. The molecule has 0 N–H and O–H groups in total. The molecule has 2 aromatic carbocycles. The van der Waals surface area contributed by atoms with E-state index in [1.807, 2.05) is 48.5 Å². The van der Waals surface area contributed by atoms with Crippen LogP contribution in [0.5, 0.6) is 0 Å². The summed E-state index contributed by atoms with van der Waals surface area (Å²) in [5, 5.41) is 0. The zero-order valence-electron chi connectivity index (χ0n) is 9.11. The molecule has 85 valence electrons. The topological polar surface area (TPSA) is 17.1 Å². The van der Waals surface area contributed by atoms with Gasteiger partial charge in [-0.25, -0.2) is 0 Å². The second-order valence-corrected chi connectivity index (χ2v) is 3.38. The molecule has 2 aromatic rings. The van der Waals surface area contributed by atoms with Gasteiger partial charge in [0, 0.05) is 0 Å². The first-order chi connectivity index (χ1) is 7.86. The van der Waals surface area contributed by atoms with E-state index in [0.29, 0.717) is 5.56 Å². The van der Waals surface area contributed by atoms with Crippen LogP contribution in [0.3, 0.4) is 0 Å². The fourth-order valence-corrected chi connectivity index (χ4v) is 1.37. The summed E-state index contributed by atoms with van der Waals surface area (Å²) in [5.74, 6) is -0.0237.